The van der Waals surface area contributed by atoms with Gasteiger partial charge in [0.1, 0.15) is 0 Å². The Morgan fingerprint density at radius 2 is 2.19 bits per heavy atom. The van der Waals surface area contributed by atoms with Crippen molar-refractivity contribution >= 4 is 23.5 Å². The Morgan fingerprint density at radius 1 is 1.38 bits per heavy atom. The molecular formula is C11H13BN2O2. The molecule has 0 spiro atoms. The van der Waals surface area contributed by atoms with E-state index in [2.05, 4.69) is 5.10 Å². The maximum Gasteiger partial charge on any atom is 0.488 e. The van der Waals surface area contributed by atoms with E-state index in [1.165, 1.54) is 12.8 Å². The molecule has 0 amide bonds. The lowest BCUT2D eigenvalue weighted by Gasteiger charge is -2.03. The van der Waals surface area contributed by atoms with Gasteiger partial charge in [-0.05, 0) is 30.3 Å². The first-order chi connectivity index (χ1) is 7.74. The number of benzene rings is 1. The highest BCUT2D eigenvalue weighted by Gasteiger charge is 2.23. The standard InChI is InChI=1S/C11H13BN2O2/c15-12(16)10-3-4-11-9(5-10)6-13-14(11)7-8-1-2-8/h3-6,8,15-16H,1-2,7H2. The van der Waals surface area contributed by atoms with Crippen LogP contribution in [0.2, 0.25) is 0 Å². The number of hydrogen-bond acceptors (Lipinski definition) is 3. The molecule has 1 aromatic carbocycles. The molecule has 1 aliphatic carbocycles. The molecule has 1 aliphatic rings. The second-order valence-corrected chi connectivity index (χ2v) is 4.46. The number of hydrogen-bond donors (Lipinski definition) is 2. The summed E-state index contributed by atoms with van der Waals surface area (Å²) in [7, 11) is -1.41. The predicted molar refractivity (Wildman–Crippen MR) is 62.3 cm³/mol. The molecule has 4 nitrogen and oxygen atoms in total. The monoisotopic (exact) mass is 216 g/mol. The zero-order valence-corrected chi connectivity index (χ0v) is 8.87. The second kappa shape index (κ2) is 3.61. The molecule has 82 valence electrons. The molecule has 3 rings (SSSR count). The second-order valence-electron chi connectivity index (χ2n) is 4.46. The molecule has 1 heterocycles. The van der Waals surface area contributed by atoms with E-state index >= 15 is 0 Å². The fourth-order valence-electron chi connectivity index (χ4n) is 1.96. The molecule has 0 radical (unpaired) electrons. The van der Waals surface area contributed by atoms with Gasteiger partial charge < -0.3 is 10.0 Å². The molecule has 2 aromatic rings. The largest absolute Gasteiger partial charge is 0.488 e. The third kappa shape index (κ3) is 1.72. The van der Waals surface area contributed by atoms with E-state index in [1.807, 2.05) is 10.7 Å². The summed E-state index contributed by atoms with van der Waals surface area (Å²) in [6.45, 7) is 0.977. The van der Waals surface area contributed by atoms with E-state index in [0.29, 0.717) is 5.46 Å². The number of rotatable bonds is 3. The molecule has 1 aromatic heterocycles. The molecular weight excluding hydrogens is 203 g/mol. The van der Waals surface area contributed by atoms with Crippen LogP contribution < -0.4 is 5.46 Å². The maximum atomic E-state index is 9.07. The van der Waals surface area contributed by atoms with Crippen LogP contribution in [0, 0.1) is 5.92 Å². The number of nitrogens with zero attached hydrogens (tertiary/aromatic N) is 2. The van der Waals surface area contributed by atoms with Crippen LogP contribution in [0.25, 0.3) is 10.9 Å². The highest BCUT2D eigenvalue weighted by atomic mass is 16.4. The van der Waals surface area contributed by atoms with Gasteiger partial charge in [0.2, 0.25) is 0 Å². The zero-order chi connectivity index (χ0) is 11.1. The minimum absolute atomic E-state index is 0.512. The Labute approximate surface area is 93.7 Å². The van der Waals surface area contributed by atoms with E-state index in [4.69, 9.17) is 10.0 Å². The average Bonchev–Trinajstić information content (AvgIpc) is 2.99. The van der Waals surface area contributed by atoms with Crippen molar-refractivity contribution in [3.05, 3.63) is 24.4 Å². The molecule has 2 N–H and O–H groups in total. The molecule has 0 saturated heterocycles. The van der Waals surface area contributed by atoms with Gasteiger partial charge in [0.15, 0.2) is 0 Å². The summed E-state index contributed by atoms with van der Waals surface area (Å²) in [6, 6.07) is 5.41. The van der Waals surface area contributed by atoms with Crippen molar-refractivity contribution in [1.82, 2.24) is 9.78 Å². The molecule has 0 aliphatic heterocycles. The van der Waals surface area contributed by atoms with Gasteiger partial charge >= 0.3 is 7.12 Å². The molecule has 0 bridgehead atoms. The van der Waals surface area contributed by atoms with Gasteiger partial charge in [-0.2, -0.15) is 5.10 Å². The van der Waals surface area contributed by atoms with Gasteiger partial charge in [-0.25, -0.2) is 0 Å². The van der Waals surface area contributed by atoms with Crippen LogP contribution in [0.4, 0.5) is 0 Å². The van der Waals surface area contributed by atoms with Gasteiger partial charge in [0, 0.05) is 11.9 Å². The Hall–Kier alpha value is -1.33. The molecule has 0 atom stereocenters. The maximum absolute atomic E-state index is 9.07. The van der Waals surface area contributed by atoms with Gasteiger partial charge in [0.25, 0.3) is 0 Å². The topological polar surface area (TPSA) is 58.3 Å². The van der Waals surface area contributed by atoms with Crippen molar-refractivity contribution in [2.45, 2.75) is 19.4 Å². The van der Waals surface area contributed by atoms with E-state index in [9.17, 15) is 0 Å². The highest BCUT2D eigenvalue weighted by Crippen LogP contribution is 2.31. The minimum Gasteiger partial charge on any atom is -0.423 e. The van der Waals surface area contributed by atoms with E-state index in [0.717, 1.165) is 23.4 Å². The van der Waals surface area contributed by atoms with Crippen molar-refractivity contribution in [3.63, 3.8) is 0 Å². The first kappa shape index (κ1) is 9.87. The summed E-state index contributed by atoms with van der Waals surface area (Å²) in [5.74, 6) is 0.784. The van der Waals surface area contributed by atoms with Crippen molar-refractivity contribution < 1.29 is 10.0 Å². The fraction of sp³-hybridized carbons (Fsp3) is 0.364. The average molecular weight is 216 g/mol. The third-order valence-electron chi connectivity index (χ3n) is 3.09. The Kier molecular flexibility index (Phi) is 2.23. The lowest BCUT2D eigenvalue weighted by atomic mass is 9.80. The third-order valence-corrected chi connectivity index (χ3v) is 3.09. The van der Waals surface area contributed by atoms with Crippen molar-refractivity contribution in [2.75, 3.05) is 0 Å². The van der Waals surface area contributed by atoms with Crippen molar-refractivity contribution in [2.24, 2.45) is 5.92 Å². The van der Waals surface area contributed by atoms with Crippen LogP contribution in [-0.2, 0) is 6.54 Å². The molecule has 5 heteroatoms. The van der Waals surface area contributed by atoms with Crippen LogP contribution in [0.1, 0.15) is 12.8 Å². The Balaban J connectivity index is 1.99. The summed E-state index contributed by atoms with van der Waals surface area (Å²) < 4.78 is 2.00. The van der Waals surface area contributed by atoms with Crippen LogP contribution in [0.5, 0.6) is 0 Å². The summed E-state index contributed by atoms with van der Waals surface area (Å²) in [5, 5.41) is 23.4. The van der Waals surface area contributed by atoms with Gasteiger partial charge in [-0.1, -0.05) is 12.1 Å². The summed E-state index contributed by atoms with van der Waals surface area (Å²) >= 11 is 0. The first-order valence-electron chi connectivity index (χ1n) is 5.55. The highest BCUT2D eigenvalue weighted by molar-refractivity contribution is 6.58. The molecule has 1 fully saturated rings. The first-order valence-corrected chi connectivity index (χ1v) is 5.55. The van der Waals surface area contributed by atoms with Crippen molar-refractivity contribution in [3.8, 4) is 0 Å². The van der Waals surface area contributed by atoms with Crippen LogP contribution >= 0.6 is 0 Å². The predicted octanol–water partition coefficient (Wildman–Crippen LogP) is 0.126. The SMILES string of the molecule is OB(O)c1ccc2c(cnn2CC2CC2)c1. The number of aromatic nitrogens is 2. The normalized spacial score (nSPS) is 15.6. The molecule has 16 heavy (non-hydrogen) atoms. The lowest BCUT2D eigenvalue weighted by Crippen LogP contribution is -2.29. The van der Waals surface area contributed by atoms with Crippen LogP contribution in [0.3, 0.4) is 0 Å². The van der Waals surface area contributed by atoms with E-state index in [1.54, 1.807) is 18.3 Å². The van der Waals surface area contributed by atoms with E-state index in [-0.39, 0.29) is 0 Å². The van der Waals surface area contributed by atoms with Gasteiger partial charge in [-0.15, -0.1) is 0 Å². The summed E-state index contributed by atoms with van der Waals surface area (Å²) in [4.78, 5) is 0. The van der Waals surface area contributed by atoms with Gasteiger partial charge in [0.05, 0.1) is 11.7 Å². The lowest BCUT2D eigenvalue weighted by molar-refractivity contribution is 0.426. The summed E-state index contributed by atoms with van der Waals surface area (Å²) in [5.41, 5.74) is 1.58. The smallest absolute Gasteiger partial charge is 0.423 e. The zero-order valence-electron chi connectivity index (χ0n) is 8.87. The quantitative estimate of drug-likeness (QED) is 0.716. The number of fused-ring (bicyclic) bond motifs is 1. The van der Waals surface area contributed by atoms with Crippen LogP contribution in [-0.4, -0.2) is 26.9 Å². The van der Waals surface area contributed by atoms with Gasteiger partial charge in [-0.3, -0.25) is 4.68 Å². The minimum atomic E-state index is -1.41. The molecule has 1 saturated carbocycles. The molecule has 0 unspecified atom stereocenters. The fourth-order valence-corrected chi connectivity index (χ4v) is 1.96. The van der Waals surface area contributed by atoms with E-state index < -0.39 is 7.12 Å². The Morgan fingerprint density at radius 3 is 2.88 bits per heavy atom. The van der Waals surface area contributed by atoms with Crippen LogP contribution in [0.15, 0.2) is 24.4 Å². The Bertz CT molecular complexity index is 520. The summed E-state index contributed by atoms with van der Waals surface area (Å²) in [6.07, 6.45) is 4.38. The van der Waals surface area contributed by atoms with Crippen molar-refractivity contribution in [1.29, 1.82) is 0 Å².